The molecule has 1 aliphatic rings. The number of carbonyl (C=O) groups is 1. The number of aryl methyl sites for hydroxylation is 1. The second-order valence-electron chi connectivity index (χ2n) is 4.18. The van der Waals surface area contributed by atoms with Crippen molar-refractivity contribution < 1.29 is 14.1 Å². The normalized spacial score (nSPS) is 18.9. The van der Waals surface area contributed by atoms with E-state index >= 15 is 0 Å². The van der Waals surface area contributed by atoms with Crippen LogP contribution in [0.4, 0.5) is 0 Å². The fraction of sp³-hybridized carbons (Fsp3) is 0.700. The van der Waals surface area contributed by atoms with Crippen molar-refractivity contribution in [2.45, 2.75) is 31.8 Å². The van der Waals surface area contributed by atoms with E-state index in [1.165, 1.54) is 0 Å². The predicted molar refractivity (Wildman–Crippen MR) is 57.9 cm³/mol. The van der Waals surface area contributed by atoms with Gasteiger partial charge in [-0.2, -0.15) is 4.98 Å². The molecule has 2 heterocycles. The van der Waals surface area contributed by atoms with Gasteiger partial charge in [0, 0.05) is 20.1 Å². The first-order valence-electron chi connectivity index (χ1n) is 5.54. The molecule has 7 nitrogen and oxygen atoms in total. The molecule has 0 bridgehead atoms. The maximum absolute atomic E-state index is 11.9. The number of hydrogen-bond donors (Lipinski definition) is 2. The van der Waals surface area contributed by atoms with Crippen LogP contribution in [0.2, 0.25) is 0 Å². The Bertz CT molecular complexity index is 398. The van der Waals surface area contributed by atoms with Gasteiger partial charge in [0.15, 0.2) is 5.82 Å². The first-order valence-corrected chi connectivity index (χ1v) is 5.54. The summed E-state index contributed by atoms with van der Waals surface area (Å²) in [6.07, 6.45) is 1.06. The first kappa shape index (κ1) is 12.0. The molecule has 1 amide bonds. The molecule has 0 spiro atoms. The Morgan fingerprint density at radius 3 is 2.82 bits per heavy atom. The monoisotopic (exact) mass is 240 g/mol. The number of ether oxygens (including phenoxy) is 1. The summed E-state index contributed by atoms with van der Waals surface area (Å²) in [5.41, 5.74) is 5.18. The molecule has 1 fully saturated rings. The third-order valence-electron chi connectivity index (χ3n) is 2.81. The van der Waals surface area contributed by atoms with Crippen molar-refractivity contribution in [3.8, 4) is 0 Å². The van der Waals surface area contributed by atoms with Crippen molar-refractivity contribution in [3.05, 3.63) is 11.7 Å². The van der Waals surface area contributed by atoms with Gasteiger partial charge < -0.3 is 20.3 Å². The van der Waals surface area contributed by atoms with Gasteiger partial charge in [0.1, 0.15) is 0 Å². The second-order valence-corrected chi connectivity index (χ2v) is 4.18. The zero-order valence-electron chi connectivity index (χ0n) is 9.73. The van der Waals surface area contributed by atoms with E-state index < -0.39 is 5.54 Å². The largest absolute Gasteiger partial charge is 0.381 e. The molecule has 0 radical (unpaired) electrons. The van der Waals surface area contributed by atoms with Crippen LogP contribution in [-0.2, 0) is 16.1 Å². The number of amides is 1. The molecule has 0 aliphatic carbocycles. The van der Waals surface area contributed by atoms with Gasteiger partial charge in [0.2, 0.25) is 11.8 Å². The third-order valence-corrected chi connectivity index (χ3v) is 2.81. The molecule has 2 rings (SSSR count). The Morgan fingerprint density at radius 2 is 2.24 bits per heavy atom. The molecule has 0 atom stereocenters. The van der Waals surface area contributed by atoms with Crippen LogP contribution >= 0.6 is 0 Å². The Kier molecular flexibility index (Phi) is 3.39. The fourth-order valence-electron chi connectivity index (χ4n) is 1.71. The Morgan fingerprint density at radius 1 is 1.53 bits per heavy atom. The van der Waals surface area contributed by atoms with Crippen LogP contribution < -0.4 is 11.1 Å². The first-order chi connectivity index (χ1) is 8.10. The van der Waals surface area contributed by atoms with Crippen LogP contribution in [-0.4, -0.2) is 34.8 Å². The fourth-order valence-corrected chi connectivity index (χ4v) is 1.71. The van der Waals surface area contributed by atoms with Crippen LogP contribution in [0.25, 0.3) is 0 Å². The van der Waals surface area contributed by atoms with E-state index in [9.17, 15) is 4.79 Å². The summed E-state index contributed by atoms with van der Waals surface area (Å²) in [4.78, 5) is 15.9. The molecule has 94 valence electrons. The number of carbonyl (C=O) groups excluding carboxylic acids is 1. The van der Waals surface area contributed by atoms with E-state index in [1.54, 1.807) is 6.92 Å². The second kappa shape index (κ2) is 4.80. The van der Waals surface area contributed by atoms with E-state index in [1.807, 2.05) is 0 Å². The summed E-state index contributed by atoms with van der Waals surface area (Å²) < 4.78 is 9.99. The molecule has 0 unspecified atom stereocenters. The van der Waals surface area contributed by atoms with Gasteiger partial charge in [-0.1, -0.05) is 5.16 Å². The third kappa shape index (κ3) is 2.80. The average Bonchev–Trinajstić information content (AvgIpc) is 2.73. The Hall–Kier alpha value is -1.47. The van der Waals surface area contributed by atoms with Crippen molar-refractivity contribution in [2.24, 2.45) is 5.73 Å². The quantitative estimate of drug-likeness (QED) is 0.738. The highest BCUT2D eigenvalue weighted by atomic mass is 16.5. The standard InChI is InChI=1S/C10H16N4O3/c1-7-13-8(14-17-7)6-12-9(15)10(11)2-4-16-5-3-10/h2-6,11H2,1H3,(H,12,15). The molecule has 3 N–H and O–H groups in total. The Labute approximate surface area is 98.7 Å². The van der Waals surface area contributed by atoms with Crippen LogP contribution in [0.15, 0.2) is 4.52 Å². The summed E-state index contributed by atoms with van der Waals surface area (Å²) in [6.45, 7) is 2.97. The summed E-state index contributed by atoms with van der Waals surface area (Å²) in [5.74, 6) is 0.734. The van der Waals surface area contributed by atoms with Crippen LogP contribution in [0.5, 0.6) is 0 Å². The smallest absolute Gasteiger partial charge is 0.240 e. The van der Waals surface area contributed by atoms with Crippen LogP contribution in [0.3, 0.4) is 0 Å². The van der Waals surface area contributed by atoms with Crippen molar-refractivity contribution in [2.75, 3.05) is 13.2 Å². The van der Waals surface area contributed by atoms with E-state index in [2.05, 4.69) is 15.5 Å². The number of hydrogen-bond acceptors (Lipinski definition) is 6. The molecule has 1 saturated heterocycles. The zero-order valence-corrected chi connectivity index (χ0v) is 9.73. The van der Waals surface area contributed by atoms with Gasteiger partial charge in [-0.05, 0) is 12.8 Å². The van der Waals surface area contributed by atoms with Crippen LogP contribution in [0.1, 0.15) is 24.6 Å². The van der Waals surface area contributed by atoms with Gasteiger partial charge in [0.25, 0.3) is 0 Å². The summed E-state index contributed by atoms with van der Waals surface area (Å²) in [7, 11) is 0. The summed E-state index contributed by atoms with van der Waals surface area (Å²) in [5, 5.41) is 6.41. The highest BCUT2D eigenvalue weighted by Crippen LogP contribution is 2.17. The van der Waals surface area contributed by atoms with E-state index in [-0.39, 0.29) is 12.5 Å². The molecule has 0 saturated carbocycles. The molecule has 1 aromatic heterocycles. The summed E-state index contributed by atoms with van der Waals surface area (Å²) >= 11 is 0. The lowest BCUT2D eigenvalue weighted by atomic mass is 9.90. The van der Waals surface area contributed by atoms with Gasteiger partial charge in [-0.25, -0.2) is 0 Å². The molecular formula is C10H16N4O3. The van der Waals surface area contributed by atoms with Gasteiger partial charge >= 0.3 is 0 Å². The molecule has 7 heteroatoms. The van der Waals surface area contributed by atoms with Gasteiger partial charge in [-0.3, -0.25) is 4.79 Å². The molecule has 1 aromatic rings. The lowest BCUT2D eigenvalue weighted by molar-refractivity contribution is -0.129. The highest BCUT2D eigenvalue weighted by Gasteiger charge is 2.35. The maximum Gasteiger partial charge on any atom is 0.240 e. The topological polar surface area (TPSA) is 103 Å². The van der Waals surface area contributed by atoms with Crippen LogP contribution in [0, 0.1) is 6.92 Å². The minimum absolute atomic E-state index is 0.191. The lowest BCUT2D eigenvalue weighted by Gasteiger charge is -2.31. The number of nitrogens with two attached hydrogens (primary N) is 1. The molecular weight excluding hydrogens is 224 g/mol. The van der Waals surface area contributed by atoms with Crippen molar-refractivity contribution >= 4 is 5.91 Å². The maximum atomic E-state index is 11.9. The number of aromatic nitrogens is 2. The van der Waals surface area contributed by atoms with Crippen molar-refractivity contribution in [3.63, 3.8) is 0 Å². The molecule has 1 aliphatic heterocycles. The number of rotatable bonds is 3. The number of nitrogens with one attached hydrogen (secondary N) is 1. The zero-order chi connectivity index (χ0) is 12.3. The average molecular weight is 240 g/mol. The van der Waals surface area contributed by atoms with E-state index in [0.717, 1.165) is 0 Å². The lowest BCUT2D eigenvalue weighted by Crippen LogP contribution is -2.56. The molecule has 17 heavy (non-hydrogen) atoms. The van der Waals surface area contributed by atoms with Crippen molar-refractivity contribution in [1.29, 1.82) is 0 Å². The van der Waals surface area contributed by atoms with E-state index in [0.29, 0.717) is 37.8 Å². The Balaban J connectivity index is 1.88. The molecule has 0 aromatic carbocycles. The van der Waals surface area contributed by atoms with Crippen molar-refractivity contribution in [1.82, 2.24) is 15.5 Å². The number of nitrogens with zero attached hydrogens (tertiary/aromatic N) is 2. The SMILES string of the molecule is Cc1nc(CNC(=O)C2(N)CCOCC2)no1. The minimum atomic E-state index is -0.836. The summed E-state index contributed by atoms with van der Waals surface area (Å²) in [6, 6.07) is 0. The van der Waals surface area contributed by atoms with Gasteiger partial charge in [-0.15, -0.1) is 0 Å². The predicted octanol–water partition coefficient (Wildman–Crippen LogP) is -0.498. The minimum Gasteiger partial charge on any atom is -0.381 e. The van der Waals surface area contributed by atoms with Gasteiger partial charge in [0.05, 0.1) is 12.1 Å². The highest BCUT2D eigenvalue weighted by molar-refractivity contribution is 5.86. The van der Waals surface area contributed by atoms with E-state index in [4.69, 9.17) is 15.0 Å².